The quantitative estimate of drug-likeness (QED) is 0.375. The molecule has 0 amide bonds. The number of hydrogen-bond acceptors (Lipinski definition) is 8. The zero-order chi connectivity index (χ0) is 25.4. The summed E-state index contributed by atoms with van der Waals surface area (Å²) in [6.45, 7) is 7.96. The Morgan fingerprint density at radius 2 is 1.14 bits per heavy atom. The number of hydrogen-bond donors (Lipinski definition) is 1. The van der Waals surface area contributed by atoms with E-state index in [0.29, 0.717) is 0 Å². The van der Waals surface area contributed by atoms with Crippen LogP contribution < -0.4 is 0 Å². The Balaban J connectivity index is 0.000000276. The molecule has 2 spiro atoms. The molecule has 0 radical (unpaired) electrons. The van der Waals surface area contributed by atoms with Gasteiger partial charge in [0.25, 0.3) is 0 Å². The average Bonchev–Trinajstić information content (AvgIpc) is 3.16. The van der Waals surface area contributed by atoms with Gasteiger partial charge in [0.05, 0.1) is 12.2 Å². The third-order valence-electron chi connectivity index (χ3n) is 7.39. The van der Waals surface area contributed by atoms with E-state index >= 15 is 0 Å². The fraction of sp³-hybridized carbons (Fsp3) is 0.889. The molecule has 8 nitrogen and oxygen atoms in total. The molecular weight excluding hydrogens is 452 g/mol. The van der Waals surface area contributed by atoms with Crippen molar-refractivity contribution in [1.29, 1.82) is 0 Å². The van der Waals surface area contributed by atoms with Crippen LogP contribution in [-0.4, -0.2) is 47.8 Å². The predicted molar refractivity (Wildman–Crippen MR) is 132 cm³/mol. The summed E-state index contributed by atoms with van der Waals surface area (Å²) in [5, 5.41) is 9.75. The molecule has 0 bridgehead atoms. The minimum atomic E-state index is -0.562. The molecular formula is C27H48O8. The van der Waals surface area contributed by atoms with Crippen molar-refractivity contribution in [3.63, 3.8) is 0 Å². The molecule has 4 rings (SSSR count). The number of rotatable bonds is 1. The van der Waals surface area contributed by atoms with Gasteiger partial charge in [-0.3, -0.25) is 14.4 Å². The molecule has 4 atom stereocenters. The van der Waals surface area contributed by atoms with E-state index in [1.165, 1.54) is 72.1 Å². The van der Waals surface area contributed by atoms with Crippen molar-refractivity contribution in [1.82, 2.24) is 0 Å². The summed E-state index contributed by atoms with van der Waals surface area (Å²) < 4.78 is 20.4. The molecule has 4 unspecified atom stereocenters. The van der Waals surface area contributed by atoms with Gasteiger partial charge in [0.1, 0.15) is 0 Å². The Labute approximate surface area is 211 Å². The lowest BCUT2D eigenvalue weighted by atomic mass is 9.72. The monoisotopic (exact) mass is 500 g/mol. The number of carbonyl (C=O) groups is 3. The van der Waals surface area contributed by atoms with Crippen LogP contribution in [0.3, 0.4) is 0 Å². The van der Waals surface area contributed by atoms with E-state index in [9.17, 15) is 19.5 Å². The molecule has 2 aliphatic carbocycles. The lowest BCUT2D eigenvalue weighted by molar-refractivity contribution is -0.192. The molecule has 204 valence electrons. The van der Waals surface area contributed by atoms with Gasteiger partial charge in [-0.05, 0) is 52.4 Å². The summed E-state index contributed by atoms with van der Waals surface area (Å²) >= 11 is 0. The first-order chi connectivity index (χ1) is 16.0. The van der Waals surface area contributed by atoms with E-state index in [1.54, 1.807) is 0 Å². The van der Waals surface area contributed by atoms with Gasteiger partial charge in [-0.15, -0.1) is 0 Å². The van der Waals surface area contributed by atoms with Crippen LogP contribution in [0.4, 0.5) is 0 Å². The first kappa shape index (κ1) is 31.5. The van der Waals surface area contributed by atoms with Crippen LogP contribution in [0.1, 0.15) is 119 Å². The summed E-state index contributed by atoms with van der Waals surface area (Å²) in [5.41, 5.74) is 0.265. The van der Waals surface area contributed by atoms with Crippen LogP contribution in [0.15, 0.2) is 0 Å². The van der Waals surface area contributed by atoms with Crippen LogP contribution >= 0.6 is 0 Å². The summed E-state index contributed by atoms with van der Waals surface area (Å²) in [7, 11) is 0. The van der Waals surface area contributed by atoms with Gasteiger partial charge in [0.2, 0.25) is 6.29 Å². The van der Waals surface area contributed by atoms with Crippen LogP contribution in [-0.2, 0) is 33.3 Å². The molecule has 35 heavy (non-hydrogen) atoms. The Morgan fingerprint density at radius 3 is 1.51 bits per heavy atom. The number of esters is 3. The third-order valence-corrected chi connectivity index (χ3v) is 7.39. The predicted octanol–water partition coefficient (Wildman–Crippen LogP) is 5.43. The second-order valence-electron chi connectivity index (χ2n) is 10.5. The highest BCUT2D eigenvalue weighted by Gasteiger charge is 2.49. The van der Waals surface area contributed by atoms with Crippen molar-refractivity contribution in [3.05, 3.63) is 0 Å². The van der Waals surface area contributed by atoms with Gasteiger partial charge in [0.15, 0.2) is 6.29 Å². The molecule has 2 heterocycles. The van der Waals surface area contributed by atoms with Gasteiger partial charge >= 0.3 is 17.9 Å². The number of ether oxygens (including phenoxy) is 4. The summed E-state index contributed by atoms with van der Waals surface area (Å²) in [6.07, 6.45) is 14.1. The van der Waals surface area contributed by atoms with Gasteiger partial charge < -0.3 is 24.1 Å². The number of aliphatic hydroxyl groups excluding tert-OH is 1. The maximum absolute atomic E-state index is 11.0. The van der Waals surface area contributed by atoms with Crippen molar-refractivity contribution >= 4 is 17.9 Å². The lowest BCUT2D eigenvalue weighted by Gasteiger charge is -2.36. The Kier molecular flexibility index (Phi) is 12.9. The van der Waals surface area contributed by atoms with Crippen molar-refractivity contribution in [2.24, 2.45) is 10.8 Å². The fourth-order valence-electron chi connectivity index (χ4n) is 6.07. The fourth-order valence-corrected chi connectivity index (χ4v) is 6.07. The van der Waals surface area contributed by atoms with E-state index in [4.69, 9.17) is 14.2 Å². The first-order valence-electron chi connectivity index (χ1n) is 12.8. The van der Waals surface area contributed by atoms with Crippen molar-refractivity contribution in [3.8, 4) is 0 Å². The van der Waals surface area contributed by atoms with E-state index in [0.717, 1.165) is 25.7 Å². The number of aliphatic hydroxyl groups is 1. The Morgan fingerprint density at radius 1 is 0.714 bits per heavy atom. The van der Waals surface area contributed by atoms with Crippen LogP contribution in [0, 0.1) is 10.8 Å². The van der Waals surface area contributed by atoms with Crippen LogP contribution in [0.25, 0.3) is 0 Å². The maximum Gasteiger partial charge on any atom is 0.310 e. The highest BCUT2D eigenvalue weighted by atomic mass is 16.7. The van der Waals surface area contributed by atoms with Gasteiger partial charge in [0, 0.05) is 31.6 Å². The maximum atomic E-state index is 11.0. The highest BCUT2D eigenvalue weighted by Crippen LogP contribution is 2.50. The first-order valence-corrected chi connectivity index (χ1v) is 12.8. The second kappa shape index (κ2) is 14.3. The van der Waals surface area contributed by atoms with Gasteiger partial charge in [-0.1, -0.05) is 46.0 Å². The average molecular weight is 501 g/mol. The second-order valence-corrected chi connectivity index (χ2v) is 10.5. The minimum Gasteiger partial charge on any atom is -0.435 e. The minimum absolute atomic E-state index is 0. The summed E-state index contributed by atoms with van der Waals surface area (Å²) in [4.78, 5) is 30.7. The molecule has 0 aromatic rings. The molecule has 0 aromatic heterocycles. The molecule has 2 saturated heterocycles. The summed E-state index contributed by atoms with van der Waals surface area (Å²) in [5.74, 6) is -1.35. The molecule has 2 saturated carbocycles. The zero-order valence-electron chi connectivity index (χ0n) is 21.6. The molecule has 4 fully saturated rings. The topological polar surface area (TPSA) is 108 Å². The van der Waals surface area contributed by atoms with E-state index in [1.807, 2.05) is 0 Å². The molecule has 4 aliphatic rings. The molecule has 1 N–H and O–H groups in total. The van der Waals surface area contributed by atoms with Crippen molar-refractivity contribution in [2.75, 3.05) is 0 Å². The normalized spacial score (nSPS) is 30.1. The van der Waals surface area contributed by atoms with E-state index in [-0.39, 0.29) is 42.7 Å². The zero-order valence-corrected chi connectivity index (χ0v) is 21.6. The van der Waals surface area contributed by atoms with Crippen molar-refractivity contribution in [2.45, 2.75) is 144 Å². The third kappa shape index (κ3) is 9.47. The molecule has 8 heteroatoms. The summed E-state index contributed by atoms with van der Waals surface area (Å²) in [6, 6.07) is 0. The highest BCUT2D eigenvalue weighted by molar-refractivity contribution is 5.82. The lowest BCUT2D eigenvalue weighted by Crippen LogP contribution is -2.36. The Hall–Kier alpha value is -1.51. The largest absolute Gasteiger partial charge is 0.435 e. The van der Waals surface area contributed by atoms with Crippen molar-refractivity contribution < 1.29 is 38.4 Å². The van der Waals surface area contributed by atoms with Crippen LogP contribution in [0.2, 0.25) is 0 Å². The number of carbonyl (C=O) groups excluding carboxylic acids is 3. The SMILES string of the molecule is C.CC(=O)OC(C)=O.CC(=O)OC1OC(C)CC12CCCCC2.CC1CC2(CCCCC2)C(O)O1. The molecule has 0 aromatic carbocycles. The van der Waals surface area contributed by atoms with E-state index < -0.39 is 18.2 Å². The van der Waals surface area contributed by atoms with Gasteiger partial charge in [-0.25, -0.2) is 0 Å². The smallest absolute Gasteiger partial charge is 0.310 e. The van der Waals surface area contributed by atoms with E-state index in [2.05, 4.69) is 18.6 Å². The van der Waals surface area contributed by atoms with Crippen LogP contribution in [0.5, 0.6) is 0 Å². The van der Waals surface area contributed by atoms with Gasteiger partial charge in [-0.2, -0.15) is 0 Å². The standard InChI is InChI=1S/C12H20O3.C10H18O2.C4H6O3.CH4/c1-9-8-12(6-4-3-5-7-12)11(14-9)15-10(2)13;1-8-7-10(9(11)12-8)5-3-2-4-6-10;1-3(5)7-4(2)6;/h9,11H,3-8H2,1-2H3;8-9,11H,2-7H2,1H3;1-2H3;1H4. The Bertz CT molecular complexity index is 667. The molecule has 2 aliphatic heterocycles.